The monoisotopic (exact) mass is 384 g/mol. The highest BCUT2D eigenvalue weighted by molar-refractivity contribution is 7.89. The molecule has 9 heteroatoms. The molecular weight excluding hydrogens is 369 g/mol. The maximum atomic E-state index is 13.8. The van der Waals surface area contributed by atoms with Gasteiger partial charge in [-0.15, -0.1) is 0 Å². The third-order valence-electron chi connectivity index (χ3n) is 4.15. The summed E-state index contributed by atoms with van der Waals surface area (Å²) in [5, 5.41) is 0. The van der Waals surface area contributed by atoms with Crippen LogP contribution >= 0.6 is 0 Å². The number of piperazine rings is 1. The van der Waals surface area contributed by atoms with Crippen molar-refractivity contribution < 1.29 is 26.4 Å². The van der Waals surface area contributed by atoms with E-state index in [-0.39, 0.29) is 31.1 Å². The van der Waals surface area contributed by atoms with Crippen molar-refractivity contribution in [3.8, 4) is 0 Å². The molecule has 2 aromatic carbocycles. The van der Waals surface area contributed by atoms with Crippen LogP contribution < -0.4 is 0 Å². The van der Waals surface area contributed by atoms with Crippen molar-refractivity contribution in [3.05, 3.63) is 65.5 Å². The highest BCUT2D eigenvalue weighted by Gasteiger charge is 2.32. The molecule has 26 heavy (non-hydrogen) atoms. The Morgan fingerprint density at radius 3 is 1.92 bits per heavy atom. The fraction of sp³-hybridized carbons (Fsp3) is 0.235. The van der Waals surface area contributed by atoms with Crippen LogP contribution in [0.1, 0.15) is 10.4 Å². The minimum absolute atomic E-state index is 0.00691. The average Bonchev–Trinajstić information content (AvgIpc) is 2.62. The van der Waals surface area contributed by atoms with Crippen LogP contribution in [0.3, 0.4) is 0 Å². The second-order valence-electron chi connectivity index (χ2n) is 5.75. The van der Waals surface area contributed by atoms with Crippen LogP contribution in [0.4, 0.5) is 13.2 Å². The van der Waals surface area contributed by atoms with E-state index < -0.39 is 38.9 Å². The summed E-state index contributed by atoms with van der Waals surface area (Å²) >= 11 is 0. The van der Waals surface area contributed by atoms with E-state index in [4.69, 9.17) is 0 Å². The molecule has 138 valence electrons. The number of carbonyl (C=O) groups excluding carboxylic acids is 1. The van der Waals surface area contributed by atoms with Crippen molar-refractivity contribution in [2.24, 2.45) is 0 Å². The molecule has 1 fully saturated rings. The minimum Gasteiger partial charge on any atom is -0.336 e. The Morgan fingerprint density at radius 1 is 0.846 bits per heavy atom. The van der Waals surface area contributed by atoms with Crippen molar-refractivity contribution in [2.45, 2.75) is 4.90 Å². The second-order valence-corrected chi connectivity index (χ2v) is 7.68. The number of rotatable bonds is 3. The number of nitrogens with zero attached hydrogens (tertiary/aromatic N) is 2. The molecule has 1 saturated heterocycles. The molecule has 0 unspecified atom stereocenters. The van der Waals surface area contributed by atoms with Gasteiger partial charge in [0.05, 0.1) is 4.90 Å². The summed E-state index contributed by atoms with van der Waals surface area (Å²) in [5.41, 5.74) is -0.651. The Bertz CT molecular complexity index is 905. The summed E-state index contributed by atoms with van der Waals surface area (Å²) in [6.45, 7) is -0.0664. The van der Waals surface area contributed by atoms with E-state index in [1.54, 1.807) is 0 Å². The predicted octanol–water partition coefficient (Wildman–Crippen LogP) is 2.25. The van der Waals surface area contributed by atoms with E-state index in [9.17, 15) is 26.4 Å². The molecule has 0 radical (unpaired) electrons. The van der Waals surface area contributed by atoms with Gasteiger partial charge in [0, 0.05) is 26.2 Å². The van der Waals surface area contributed by atoms with E-state index in [0.29, 0.717) is 0 Å². The van der Waals surface area contributed by atoms with Gasteiger partial charge in [0.25, 0.3) is 5.91 Å². The first-order valence-electron chi connectivity index (χ1n) is 7.80. The van der Waals surface area contributed by atoms with Gasteiger partial charge >= 0.3 is 0 Å². The van der Waals surface area contributed by atoms with Gasteiger partial charge in [-0.05, 0) is 36.4 Å². The van der Waals surface area contributed by atoms with Crippen LogP contribution in [-0.2, 0) is 10.0 Å². The highest BCUT2D eigenvalue weighted by atomic mass is 32.2. The van der Waals surface area contributed by atoms with Crippen LogP contribution in [0, 0.1) is 17.5 Å². The molecule has 2 aromatic rings. The molecule has 0 saturated carbocycles. The minimum atomic E-state index is -3.83. The largest absolute Gasteiger partial charge is 0.336 e. The van der Waals surface area contributed by atoms with Crippen molar-refractivity contribution in [1.82, 2.24) is 9.21 Å². The smallest absolute Gasteiger partial charge is 0.259 e. The van der Waals surface area contributed by atoms with Crippen LogP contribution in [-0.4, -0.2) is 49.7 Å². The Labute approximate surface area is 148 Å². The van der Waals surface area contributed by atoms with Crippen LogP contribution in [0.5, 0.6) is 0 Å². The summed E-state index contributed by atoms with van der Waals surface area (Å²) in [5.74, 6) is -3.29. The second kappa shape index (κ2) is 7.08. The molecule has 1 aliphatic rings. The van der Waals surface area contributed by atoms with Crippen LogP contribution in [0.2, 0.25) is 0 Å². The Hall–Kier alpha value is -2.39. The Morgan fingerprint density at radius 2 is 1.38 bits per heavy atom. The van der Waals surface area contributed by atoms with E-state index >= 15 is 0 Å². The highest BCUT2D eigenvalue weighted by Crippen LogP contribution is 2.20. The number of hydrogen-bond donors (Lipinski definition) is 0. The first kappa shape index (κ1) is 18.4. The lowest BCUT2D eigenvalue weighted by molar-refractivity contribution is 0.0688. The lowest BCUT2D eigenvalue weighted by Gasteiger charge is -2.34. The number of carbonyl (C=O) groups is 1. The van der Waals surface area contributed by atoms with Gasteiger partial charge < -0.3 is 4.90 Å². The van der Waals surface area contributed by atoms with E-state index in [2.05, 4.69) is 0 Å². The zero-order valence-corrected chi connectivity index (χ0v) is 14.3. The normalized spacial score (nSPS) is 15.9. The van der Waals surface area contributed by atoms with Crippen molar-refractivity contribution in [2.75, 3.05) is 26.2 Å². The first-order valence-corrected chi connectivity index (χ1v) is 9.24. The van der Waals surface area contributed by atoms with Gasteiger partial charge in [0.1, 0.15) is 23.0 Å². The molecule has 1 aliphatic heterocycles. The molecule has 3 rings (SSSR count). The summed E-state index contributed by atoms with van der Waals surface area (Å²) < 4.78 is 66.7. The zero-order chi connectivity index (χ0) is 18.9. The standard InChI is InChI=1S/C17H15F3N2O3S/c18-12-4-6-13(7-5-12)26(24,25)22-10-8-21(9-11-22)17(23)16-14(19)2-1-3-15(16)20/h1-7H,8-11H2. The molecular formula is C17H15F3N2O3S. The average molecular weight is 384 g/mol. The van der Waals surface area contributed by atoms with E-state index in [1.807, 2.05) is 0 Å². The number of amides is 1. The van der Waals surface area contributed by atoms with Gasteiger partial charge in [0.15, 0.2) is 0 Å². The number of sulfonamides is 1. The topological polar surface area (TPSA) is 57.7 Å². The predicted molar refractivity (Wildman–Crippen MR) is 87.4 cm³/mol. The summed E-state index contributed by atoms with van der Waals surface area (Å²) in [4.78, 5) is 13.5. The maximum absolute atomic E-state index is 13.8. The molecule has 1 amide bonds. The summed E-state index contributed by atoms with van der Waals surface area (Å²) in [6, 6.07) is 7.57. The quantitative estimate of drug-likeness (QED) is 0.816. The SMILES string of the molecule is O=C(c1c(F)cccc1F)N1CCN(S(=O)(=O)c2ccc(F)cc2)CC1. The summed E-state index contributed by atoms with van der Waals surface area (Å²) in [7, 11) is -3.83. The molecule has 0 aromatic heterocycles. The molecule has 0 atom stereocenters. The zero-order valence-electron chi connectivity index (χ0n) is 13.5. The van der Waals surface area contributed by atoms with Crippen molar-refractivity contribution in [3.63, 3.8) is 0 Å². The molecule has 0 bridgehead atoms. The lowest BCUT2D eigenvalue weighted by Crippen LogP contribution is -2.50. The molecule has 1 heterocycles. The third-order valence-corrected chi connectivity index (χ3v) is 6.07. The van der Waals surface area contributed by atoms with Crippen molar-refractivity contribution >= 4 is 15.9 Å². The molecule has 0 N–H and O–H groups in total. The molecule has 0 spiro atoms. The van der Waals surface area contributed by atoms with E-state index in [0.717, 1.165) is 46.8 Å². The maximum Gasteiger partial charge on any atom is 0.259 e. The van der Waals surface area contributed by atoms with Gasteiger partial charge in [-0.2, -0.15) is 4.31 Å². The number of hydrogen-bond acceptors (Lipinski definition) is 3. The first-order chi connectivity index (χ1) is 12.3. The summed E-state index contributed by atoms with van der Waals surface area (Å²) in [6.07, 6.45) is 0. The van der Waals surface area contributed by atoms with Crippen LogP contribution in [0.25, 0.3) is 0 Å². The number of benzene rings is 2. The lowest BCUT2D eigenvalue weighted by atomic mass is 10.1. The fourth-order valence-electron chi connectivity index (χ4n) is 2.75. The van der Waals surface area contributed by atoms with Crippen LogP contribution in [0.15, 0.2) is 47.4 Å². The Kier molecular flexibility index (Phi) is 5.01. The van der Waals surface area contributed by atoms with Gasteiger partial charge in [-0.25, -0.2) is 21.6 Å². The fourth-order valence-corrected chi connectivity index (χ4v) is 4.17. The van der Waals surface area contributed by atoms with E-state index in [1.165, 1.54) is 4.90 Å². The van der Waals surface area contributed by atoms with Crippen molar-refractivity contribution in [1.29, 1.82) is 0 Å². The van der Waals surface area contributed by atoms with Gasteiger partial charge in [-0.1, -0.05) is 6.07 Å². The Balaban J connectivity index is 1.73. The van der Waals surface area contributed by atoms with Gasteiger partial charge in [-0.3, -0.25) is 4.79 Å². The molecule has 5 nitrogen and oxygen atoms in total. The third kappa shape index (κ3) is 3.45. The molecule has 0 aliphatic carbocycles. The van der Waals surface area contributed by atoms with Gasteiger partial charge in [0.2, 0.25) is 10.0 Å². The number of halogens is 3.